The van der Waals surface area contributed by atoms with Crippen LogP contribution in [0.4, 0.5) is 0 Å². The molecule has 2 aliphatic heterocycles. The summed E-state index contributed by atoms with van der Waals surface area (Å²) in [7, 11) is 0. The van der Waals surface area contributed by atoms with Crippen LogP contribution in [-0.4, -0.2) is 35.5 Å². The number of fused-ring (bicyclic) bond motifs is 1. The van der Waals surface area contributed by atoms with Crippen LogP contribution in [-0.2, 0) is 0 Å². The highest BCUT2D eigenvalue weighted by Gasteiger charge is 2.32. The Bertz CT molecular complexity index is 758. The quantitative estimate of drug-likeness (QED) is 0.835. The Hall–Kier alpha value is -2.08. The molecule has 0 aliphatic carbocycles. The third-order valence-corrected chi connectivity index (χ3v) is 5.53. The van der Waals surface area contributed by atoms with E-state index in [2.05, 4.69) is 11.1 Å². The molecule has 2 aliphatic rings. The van der Waals surface area contributed by atoms with E-state index >= 15 is 0 Å². The van der Waals surface area contributed by atoms with Gasteiger partial charge in [0.2, 0.25) is 0 Å². The van der Waals surface area contributed by atoms with Gasteiger partial charge in [0.15, 0.2) is 11.5 Å². The van der Waals surface area contributed by atoms with Crippen molar-refractivity contribution in [2.45, 2.75) is 32.2 Å². The maximum absolute atomic E-state index is 12.9. The maximum atomic E-state index is 12.9. The van der Waals surface area contributed by atoms with Crippen LogP contribution in [0.25, 0.3) is 0 Å². The van der Waals surface area contributed by atoms with Crippen molar-refractivity contribution in [1.29, 1.82) is 0 Å². The van der Waals surface area contributed by atoms with Gasteiger partial charge in [-0.3, -0.25) is 4.79 Å². The molecule has 0 unspecified atom stereocenters. The summed E-state index contributed by atoms with van der Waals surface area (Å²) in [5.41, 5.74) is 3.67. The molecule has 6 heteroatoms. The number of aryl methyl sites for hydroxylation is 1. The number of nitrogens with zero attached hydrogens (tertiary/aromatic N) is 2. The van der Waals surface area contributed by atoms with Gasteiger partial charge in [0.1, 0.15) is 4.88 Å². The number of amides is 1. The Balaban J connectivity index is 1.62. The van der Waals surface area contributed by atoms with E-state index in [4.69, 9.17) is 9.47 Å². The fourth-order valence-corrected chi connectivity index (χ4v) is 4.14. The van der Waals surface area contributed by atoms with E-state index in [1.807, 2.05) is 24.0 Å². The minimum atomic E-state index is 0.0876. The van der Waals surface area contributed by atoms with Gasteiger partial charge in [-0.25, -0.2) is 4.98 Å². The molecule has 126 valence electrons. The van der Waals surface area contributed by atoms with Crippen molar-refractivity contribution in [3.05, 3.63) is 39.8 Å². The maximum Gasteiger partial charge on any atom is 0.266 e. The molecule has 0 bridgehead atoms. The van der Waals surface area contributed by atoms with Crippen molar-refractivity contribution in [2.24, 2.45) is 0 Å². The molecular weight excluding hydrogens is 324 g/mol. The first-order valence-corrected chi connectivity index (χ1v) is 9.22. The number of ether oxygens (including phenoxy) is 2. The van der Waals surface area contributed by atoms with Gasteiger partial charge in [-0.15, -0.1) is 11.3 Å². The molecule has 1 aromatic heterocycles. The Labute approximate surface area is 145 Å². The number of carbonyl (C=O) groups is 1. The predicted molar refractivity (Wildman–Crippen MR) is 91.9 cm³/mol. The second-order valence-corrected chi connectivity index (χ2v) is 7.03. The molecule has 1 amide bonds. The van der Waals surface area contributed by atoms with Gasteiger partial charge in [0.05, 0.1) is 30.5 Å². The molecule has 3 heterocycles. The summed E-state index contributed by atoms with van der Waals surface area (Å²) >= 11 is 1.42. The zero-order chi connectivity index (χ0) is 16.5. The summed E-state index contributed by atoms with van der Waals surface area (Å²) in [6.45, 7) is 4.03. The van der Waals surface area contributed by atoms with E-state index in [-0.39, 0.29) is 11.9 Å². The van der Waals surface area contributed by atoms with Crippen molar-refractivity contribution < 1.29 is 14.3 Å². The van der Waals surface area contributed by atoms with Crippen molar-refractivity contribution in [3.63, 3.8) is 0 Å². The van der Waals surface area contributed by atoms with Gasteiger partial charge < -0.3 is 14.4 Å². The van der Waals surface area contributed by atoms with Crippen LogP contribution in [0.15, 0.2) is 23.7 Å². The molecular formula is C18H20N2O3S. The van der Waals surface area contributed by atoms with Crippen molar-refractivity contribution in [2.75, 3.05) is 19.8 Å². The van der Waals surface area contributed by atoms with Crippen molar-refractivity contribution in [1.82, 2.24) is 9.88 Å². The first kappa shape index (κ1) is 15.4. The number of carbonyl (C=O) groups excluding carboxylic acids is 1. The Morgan fingerprint density at radius 2 is 2.08 bits per heavy atom. The molecule has 1 fully saturated rings. The predicted octanol–water partition coefficient (Wildman–Crippen LogP) is 3.59. The lowest BCUT2D eigenvalue weighted by Crippen LogP contribution is -2.30. The number of hydrogen-bond donors (Lipinski definition) is 0. The van der Waals surface area contributed by atoms with Gasteiger partial charge >= 0.3 is 0 Å². The van der Waals surface area contributed by atoms with Crippen LogP contribution in [0, 0.1) is 6.92 Å². The summed E-state index contributed by atoms with van der Waals surface area (Å²) in [4.78, 5) is 19.8. The van der Waals surface area contributed by atoms with Crippen LogP contribution >= 0.6 is 11.3 Å². The normalized spacial score (nSPS) is 20.0. The highest BCUT2D eigenvalue weighted by molar-refractivity contribution is 7.11. The van der Waals surface area contributed by atoms with Crippen LogP contribution in [0.5, 0.6) is 11.5 Å². The average molecular weight is 344 g/mol. The number of thiazole rings is 1. The van der Waals surface area contributed by atoms with Crippen LogP contribution in [0.3, 0.4) is 0 Å². The highest BCUT2D eigenvalue weighted by Crippen LogP contribution is 2.38. The minimum Gasteiger partial charge on any atom is -0.490 e. The van der Waals surface area contributed by atoms with Crippen LogP contribution in [0.2, 0.25) is 0 Å². The fraction of sp³-hybridized carbons (Fsp3) is 0.444. The highest BCUT2D eigenvalue weighted by atomic mass is 32.1. The van der Waals surface area contributed by atoms with Gasteiger partial charge in [0.25, 0.3) is 5.91 Å². The number of rotatable bonds is 2. The molecule has 2 aromatic rings. The Kier molecular flexibility index (Phi) is 4.14. The third kappa shape index (κ3) is 2.75. The van der Waals surface area contributed by atoms with Gasteiger partial charge in [-0.05, 0) is 37.5 Å². The van der Waals surface area contributed by atoms with Crippen LogP contribution < -0.4 is 9.47 Å². The topological polar surface area (TPSA) is 51.7 Å². The van der Waals surface area contributed by atoms with E-state index < -0.39 is 0 Å². The Morgan fingerprint density at radius 3 is 2.88 bits per heavy atom. The smallest absolute Gasteiger partial charge is 0.266 e. The minimum absolute atomic E-state index is 0.0876. The molecule has 0 N–H and O–H groups in total. The van der Waals surface area contributed by atoms with E-state index in [1.165, 1.54) is 11.3 Å². The molecule has 5 nitrogen and oxygen atoms in total. The number of likely N-dealkylation sites (tertiary alicyclic amines) is 1. The lowest BCUT2D eigenvalue weighted by molar-refractivity contribution is 0.0739. The molecule has 1 atom stereocenters. The van der Waals surface area contributed by atoms with E-state index in [1.54, 1.807) is 5.51 Å². The summed E-state index contributed by atoms with van der Waals surface area (Å²) in [5, 5.41) is 0. The second kappa shape index (κ2) is 6.43. The second-order valence-electron chi connectivity index (χ2n) is 6.18. The van der Waals surface area contributed by atoms with Crippen molar-refractivity contribution in [3.8, 4) is 11.5 Å². The number of hydrogen-bond acceptors (Lipinski definition) is 5. The number of benzene rings is 1. The summed E-state index contributed by atoms with van der Waals surface area (Å²) in [6.07, 6.45) is 2.88. The zero-order valence-electron chi connectivity index (χ0n) is 13.7. The molecule has 1 aromatic carbocycles. The fourth-order valence-electron chi connectivity index (χ4n) is 3.38. The lowest BCUT2D eigenvalue weighted by Gasteiger charge is -2.25. The molecule has 0 saturated carbocycles. The SMILES string of the molecule is Cc1ncsc1C(=O)N1CCC[C@H]1c1ccc2c(c1)OCCCO2. The van der Waals surface area contributed by atoms with Crippen LogP contribution in [0.1, 0.15) is 46.2 Å². The van der Waals surface area contributed by atoms with E-state index in [9.17, 15) is 4.79 Å². The van der Waals surface area contributed by atoms with Gasteiger partial charge in [0, 0.05) is 13.0 Å². The molecule has 0 radical (unpaired) electrons. The van der Waals surface area contributed by atoms with E-state index in [0.717, 1.165) is 53.4 Å². The summed E-state index contributed by atoms with van der Waals surface area (Å²) in [6, 6.07) is 6.16. The monoisotopic (exact) mass is 344 g/mol. The molecule has 24 heavy (non-hydrogen) atoms. The molecule has 4 rings (SSSR count). The summed E-state index contributed by atoms with van der Waals surface area (Å²) in [5.74, 6) is 1.67. The standard InChI is InChI=1S/C18H20N2O3S/c1-12-17(24-11-19-12)18(21)20-7-2-4-14(20)13-5-6-15-16(10-13)23-9-3-8-22-15/h5-6,10-11,14H,2-4,7-9H2,1H3/t14-/m0/s1. The van der Waals surface area contributed by atoms with Gasteiger partial charge in [-0.2, -0.15) is 0 Å². The summed E-state index contributed by atoms with van der Waals surface area (Å²) < 4.78 is 11.5. The van der Waals surface area contributed by atoms with Crippen molar-refractivity contribution >= 4 is 17.2 Å². The first-order valence-electron chi connectivity index (χ1n) is 8.34. The first-order chi connectivity index (χ1) is 11.7. The Morgan fingerprint density at radius 1 is 1.25 bits per heavy atom. The van der Waals surface area contributed by atoms with Gasteiger partial charge in [-0.1, -0.05) is 6.07 Å². The average Bonchev–Trinajstić information content (AvgIpc) is 3.18. The largest absolute Gasteiger partial charge is 0.490 e. The molecule has 0 spiro atoms. The zero-order valence-corrected chi connectivity index (χ0v) is 14.5. The number of aromatic nitrogens is 1. The third-order valence-electron chi connectivity index (χ3n) is 4.61. The van der Waals surface area contributed by atoms with E-state index in [0.29, 0.717) is 13.2 Å². The molecule has 1 saturated heterocycles. The lowest BCUT2D eigenvalue weighted by atomic mass is 10.0.